The monoisotopic (exact) mass is 359 g/mol. The van der Waals surface area contributed by atoms with Crippen LogP contribution in [0.5, 0.6) is 0 Å². The van der Waals surface area contributed by atoms with Gasteiger partial charge in [-0.05, 0) is 49.1 Å². The van der Waals surface area contributed by atoms with Gasteiger partial charge < -0.3 is 5.32 Å². The second-order valence-corrected chi connectivity index (χ2v) is 7.02. The van der Waals surface area contributed by atoms with Crippen LogP contribution < -0.4 is 5.32 Å². The van der Waals surface area contributed by atoms with E-state index in [2.05, 4.69) is 61.4 Å². The number of aromatic nitrogens is 1. The number of nitrogens with one attached hydrogen (secondary N) is 1. The predicted molar refractivity (Wildman–Crippen MR) is 110 cm³/mol. The molecule has 0 aliphatic heterocycles. The van der Waals surface area contributed by atoms with Crippen molar-refractivity contribution in [2.45, 2.75) is 27.2 Å². The molecular formula is C22H21N3S. The average Bonchev–Trinajstić information content (AvgIpc) is 3.15. The zero-order valence-electron chi connectivity index (χ0n) is 15.2. The summed E-state index contributed by atoms with van der Waals surface area (Å²) in [6, 6.07) is 16.7. The smallest absolute Gasteiger partial charge is 0.136 e. The average molecular weight is 359 g/mol. The van der Waals surface area contributed by atoms with Gasteiger partial charge in [-0.2, -0.15) is 5.26 Å². The quantitative estimate of drug-likeness (QED) is 0.571. The normalized spacial score (nSPS) is 11.2. The Morgan fingerprint density at radius 2 is 2.00 bits per heavy atom. The third-order valence-corrected chi connectivity index (χ3v) is 5.30. The fourth-order valence-electron chi connectivity index (χ4n) is 2.69. The first-order chi connectivity index (χ1) is 12.6. The van der Waals surface area contributed by atoms with Gasteiger partial charge in [0.2, 0.25) is 0 Å². The van der Waals surface area contributed by atoms with Crippen LogP contribution in [0.1, 0.15) is 28.6 Å². The fourth-order valence-corrected chi connectivity index (χ4v) is 3.49. The molecule has 0 saturated heterocycles. The van der Waals surface area contributed by atoms with Gasteiger partial charge in [-0.3, -0.25) is 0 Å². The van der Waals surface area contributed by atoms with E-state index in [0.29, 0.717) is 5.57 Å². The molecule has 0 bridgehead atoms. The van der Waals surface area contributed by atoms with Crippen LogP contribution in [-0.4, -0.2) is 4.98 Å². The van der Waals surface area contributed by atoms with Gasteiger partial charge in [0.05, 0.1) is 5.69 Å². The van der Waals surface area contributed by atoms with E-state index in [1.54, 1.807) is 6.20 Å². The lowest BCUT2D eigenvalue weighted by atomic mass is 10.1. The van der Waals surface area contributed by atoms with Crippen molar-refractivity contribution in [3.8, 4) is 17.3 Å². The maximum atomic E-state index is 9.55. The number of aryl methyl sites for hydroxylation is 3. The molecule has 1 heterocycles. The third-order valence-electron chi connectivity index (χ3n) is 4.43. The molecule has 1 aromatic heterocycles. The second kappa shape index (κ2) is 7.99. The number of anilines is 1. The summed E-state index contributed by atoms with van der Waals surface area (Å²) < 4.78 is 0. The molecule has 0 amide bonds. The van der Waals surface area contributed by atoms with Crippen molar-refractivity contribution >= 4 is 22.6 Å². The van der Waals surface area contributed by atoms with Crippen molar-refractivity contribution in [1.82, 2.24) is 4.98 Å². The first kappa shape index (κ1) is 17.9. The van der Waals surface area contributed by atoms with E-state index in [9.17, 15) is 5.26 Å². The van der Waals surface area contributed by atoms with Gasteiger partial charge in [0, 0.05) is 22.8 Å². The van der Waals surface area contributed by atoms with Gasteiger partial charge in [-0.15, -0.1) is 11.3 Å². The summed E-state index contributed by atoms with van der Waals surface area (Å²) in [7, 11) is 0. The molecule has 2 aromatic carbocycles. The van der Waals surface area contributed by atoms with Gasteiger partial charge in [0.1, 0.15) is 16.6 Å². The van der Waals surface area contributed by atoms with Gasteiger partial charge in [0.25, 0.3) is 0 Å². The van der Waals surface area contributed by atoms with Crippen molar-refractivity contribution in [3.05, 3.63) is 75.7 Å². The van der Waals surface area contributed by atoms with Crippen LogP contribution in [0, 0.1) is 25.2 Å². The highest BCUT2D eigenvalue weighted by atomic mass is 32.1. The number of nitrogens with zero attached hydrogens (tertiary/aromatic N) is 2. The molecule has 3 aromatic rings. The van der Waals surface area contributed by atoms with Crippen LogP contribution >= 0.6 is 11.3 Å². The molecule has 26 heavy (non-hydrogen) atoms. The Labute approximate surface area is 158 Å². The Hall–Kier alpha value is -2.90. The maximum absolute atomic E-state index is 9.55. The highest BCUT2D eigenvalue weighted by molar-refractivity contribution is 7.11. The summed E-state index contributed by atoms with van der Waals surface area (Å²) in [6.07, 6.45) is 2.69. The second-order valence-electron chi connectivity index (χ2n) is 6.16. The number of hydrogen-bond donors (Lipinski definition) is 1. The van der Waals surface area contributed by atoms with Crippen LogP contribution in [0.15, 0.2) is 54.0 Å². The molecule has 0 aliphatic rings. The molecule has 0 spiro atoms. The van der Waals surface area contributed by atoms with Crippen LogP contribution in [0.25, 0.3) is 16.8 Å². The first-order valence-corrected chi connectivity index (χ1v) is 9.48. The summed E-state index contributed by atoms with van der Waals surface area (Å²) in [6.45, 7) is 6.32. The minimum Gasteiger partial charge on any atom is -0.360 e. The minimum atomic E-state index is 0.538. The summed E-state index contributed by atoms with van der Waals surface area (Å²) in [5.74, 6) is 0. The molecular weight excluding hydrogens is 338 g/mol. The Morgan fingerprint density at radius 3 is 2.73 bits per heavy atom. The van der Waals surface area contributed by atoms with E-state index in [-0.39, 0.29) is 0 Å². The molecule has 0 aliphatic carbocycles. The van der Waals surface area contributed by atoms with Gasteiger partial charge in [-0.25, -0.2) is 4.98 Å². The van der Waals surface area contributed by atoms with Crippen molar-refractivity contribution in [3.63, 3.8) is 0 Å². The van der Waals surface area contributed by atoms with Crippen molar-refractivity contribution in [2.75, 3.05) is 5.32 Å². The topological polar surface area (TPSA) is 48.7 Å². The molecule has 130 valence electrons. The van der Waals surface area contributed by atoms with Crippen LogP contribution in [0.3, 0.4) is 0 Å². The number of nitriles is 1. The number of allylic oxidation sites excluding steroid dienone is 1. The van der Waals surface area contributed by atoms with E-state index in [1.165, 1.54) is 28.0 Å². The lowest BCUT2D eigenvalue weighted by Gasteiger charge is -2.07. The SMILES string of the molecule is CCc1ccccc1NC=C(C#N)c1nc(-c2ccc(C)c(C)c2)cs1. The van der Waals surface area contributed by atoms with E-state index in [0.717, 1.165) is 28.4 Å². The van der Waals surface area contributed by atoms with Gasteiger partial charge >= 0.3 is 0 Å². The summed E-state index contributed by atoms with van der Waals surface area (Å²) in [5, 5.41) is 15.5. The lowest BCUT2D eigenvalue weighted by Crippen LogP contribution is -1.95. The summed E-state index contributed by atoms with van der Waals surface area (Å²) in [4.78, 5) is 4.67. The number of thiazole rings is 1. The molecule has 0 fully saturated rings. The molecule has 0 saturated carbocycles. The molecule has 0 unspecified atom stereocenters. The zero-order valence-corrected chi connectivity index (χ0v) is 16.0. The molecule has 1 N–H and O–H groups in total. The predicted octanol–water partition coefficient (Wildman–Crippen LogP) is 5.97. The number of para-hydroxylation sites is 1. The third kappa shape index (κ3) is 3.84. The summed E-state index contributed by atoms with van der Waals surface area (Å²) >= 11 is 1.49. The van der Waals surface area contributed by atoms with Crippen LogP contribution in [0.2, 0.25) is 0 Å². The van der Waals surface area contributed by atoms with Crippen molar-refractivity contribution in [2.24, 2.45) is 0 Å². The van der Waals surface area contributed by atoms with Gasteiger partial charge in [-0.1, -0.05) is 37.3 Å². The standard InChI is InChI=1S/C22H21N3S/c1-4-17-7-5-6-8-20(17)24-13-19(12-23)22-25-21(14-26-22)18-10-9-15(2)16(3)11-18/h5-11,13-14,24H,4H2,1-3H3. The minimum absolute atomic E-state index is 0.538. The molecule has 3 rings (SSSR count). The highest BCUT2D eigenvalue weighted by Crippen LogP contribution is 2.27. The van der Waals surface area contributed by atoms with Crippen LogP contribution in [-0.2, 0) is 6.42 Å². The van der Waals surface area contributed by atoms with Crippen molar-refractivity contribution in [1.29, 1.82) is 5.26 Å². The first-order valence-electron chi connectivity index (χ1n) is 8.60. The molecule has 3 nitrogen and oxygen atoms in total. The summed E-state index contributed by atoms with van der Waals surface area (Å²) in [5.41, 5.74) is 7.27. The lowest BCUT2D eigenvalue weighted by molar-refractivity contribution is 1.14. The Bertz CT molecular complexity index is 993. The largest absolute Gasteiger partial charge is 0.360 e. The number of rotatable bonds is 5. The Morgan fingerprint density at radius 1 is 1.19 bits per heavy atom. The molecule has 0 radical (unpaired) electrons. The molecule has 0 atom stereocenters. The van der Waals surface area contributed by atoms with E-state index >= 15 is 0 Å². The Balaban J connectivity index is 1.86. The fraction of sp³-hybridized carbons (Fsp3) is 0.182. The van der Waals surface area contributed by atoms with E-state index in [1.807, 2.05) is 23.6 Å². The zero-order chi connectivity index (χ0) is 18.5. The Kier molecular flexibility index (Phi) is 5.50. The number of hydrogen-bond acceptors (Lipinski definition) is 4. The van der Waals surface area contributed by atoms with Crippen LogP contribution in [0.4, 0.5) is 5.69 Å². The molecule has 4 heteroatoms. The van der Waals surface area contributed by atoms with Gasteiger partial charge in [0.15, 0.2) is 0 Å². The van der Waals surface area contributed by atoms with Crippen molar-refractivity contribution < 1.29 is 0 Å². The number of benzene rings is 2. The van der Waals surface area contributed by atoms with E-state index < -0.39 is 0 Å². The maximum Gasteiger partial charge on any atom is 0.136 e. The highest BCUT2D eigenvalue weighted by Gasteiger charge is 2.10. The van der Waals surface area contributed by atoms with E-state index in [4.69, 9.17) is 0 Å².